The summed E-state index contributed by atoms with van der Waals surface area (Å²) >= 11 is 0. The molecule has 23 heavy (non-hydrogen) atoms. The summed E-state index contributed by atoms with van der Waals surface area (Å²) < 4.78 is 23.9. The predicted octanol–water partition coefficient (Wildman–Crippen LogP) is -1.32. The molecular formula is C12H16N8O2S. The van der Waals surface area contributed by atoms with Crippen LogP contribution in [0.25, 0.3) is 11.1 Å². The number of benzene rings is 1. The van der Waals surface area contributed by atoms with Crippen LogP contribution in [0.15, 0.2) is 35.2 Å². The van der Waals surface area contributed by atoms with Crippen molar-refractivity contribution in [2.45, 2.75) is 11.1 Å². The normalized spacial score (nSPS) is 15.9. The lowest BCUT2D eigenvalue weighted by Gasteiger charge is -2.19. The van der Waals surface area contributed by atoms with E-state index in [9.17, 15) is 8.42 Å². The highest BCUT2D eigenvalue weighted by atomic mass is 32.2. The molecule has 0 unspecified atom stereocenters. The number of primary sulfonamides is 1. The van der Waals surface area contributed by atoms with Crippen molar-refractivity contribution < 1.29 is 8.42 Å². The Morgan fingerprint density at radius 2 is 1.65 bits per heavy atom. The van der Waals surface area contributed by atoms with Crippen LogP contribution < -0.4 is 38.5 Å². The standard InChI is InChI=1S/C12H16N8O2S/c13-9-4-6(5-10(14)16-9)7-2-1-3-8(23(15,21)22)11(7)12-17-19-20-18-12/h1-5,12,17-20H,(H4,13,14,16)(H2,15,21,22). The van der Waals surface area contributed by atoms with Gasteiger partial charge in [-0.2, -0.15) is 11.1 Å². The molecule has 1 aliphatic heterocycles. The van der Waals surface area contributed by atoms with Gasteiger partial charge in [-0.25, -0.2) is 29.4 Å². The number of nitrogens with two attached hydrogens (primary N) is 3. The number of nitrogen functional groups attached to an aromatic ring is 2. The van der Waals surface area contributed by atoms with Gasteiger partial charge in [0.25, 0.3) is 0 Å². The van der Waals surface area contributed by atoms with Crippen LogP contribution in [0.1, 0.15) is 11.7 Å². The highest BCUT2D eigenvalue weighted by Crippen LogP contribution is 2.33. The van der Waals surface area contributed by atoms with Crippen LogP contribution in [0.4, 0.5) is 11.6 Å². The smallest absolute Gasteiger partial charge is 0.238 e. The molecule has 122 valence electrons. The minimum Gasteiger partial charge on any atom is -0.384 e. The maximum Gasteiger partial charge on any atom is 0.238 e. The molecule has 2 heterocycles. The molecule has 0 bridgehead atoms. The van der Waals surface area contributed by atoms with Gasteiger partial charge in [0.1, 0.15) is 17.8 Å². The Hall–Kier alpha value is -2.28. The summed E-state index contributed by atoms with van der Waals surface area (Å²) in [7, 11) is -3.94. The lowest BCUT2D eigenvalue weighted by molar-refractivity contribution is 0.540. The molecule has 1 aromatic carbocycles. The minimum absolute atomic E-state index is 0.0144. The van der Waals surface area contributed by atoms with E-state index in [1.807, 2.05) is 0 Å². The van der Waals surface area contributed by atoms with E-state index in [0.29, 0.717) is 16.7 Å². The number of sulfonamides is 1. The number of hydrogen-bond donors (Lipinski definition) is 7. The van der Waals surface area contributed by atoms with Crippen LogP contribution >= 0.6 is 0 Å². The van der Waals surface area contributed by atoms with Gasteiger partial charge in [0, 0.05) is 5.56 Å². The maximum atomic E-state index is 11.9. The molecule has 0 amide bonds. The first-order valence-electron chi connectivity index (χ1n) is 6.56. The summed E-state index contributed by atoms with van der Waals surface area (Å²) in [6.45, 7) is 0. The van der Waals surface area contributed by atoms with E-state index in [0.717, 1.165) is 0 Å². The van der Waals surface area contributed by atoms with E-state index in [1.165, 1.54) is 6.07 Å². The summed E-state index contributed by atoms with van der Waals surface area (Å²) in [4.78, 5) is 3.90. The fourth-order valence-corrected chi connectivity index (χ4v) is 3.27. The van der Waals surface area contributed by atoms with Gasteiger partial charge in [0.2, 0.25) is 10.0 Å². The number of rotatable bonds is 3. The van der Waals surface area contributed by atoms with Crippen molar-refractivity contribution in [2.24, 2.45) is 5.14 Å². The summed E-state index contributed by atoms with van der Waals surface area (Å²) in [5.41, 5.74) is 24.1. The molecule has 0 atom stereocenters. The SMILES string of the molecule is Nc1cc(-c2cccc(S(N)(=O)=O)c2C2NNNN2)cc(N)n1. The van der Waals surface area contributed by atoms with Crippen LogP contribution in [0.5, 0.6) is 0 Å². The number of pyridine rings is 1. The van der Waals surface area contributed by atoms with Gasteiger partial charge in [-0.15, -0.1) is 0 Å². The Morgan fingerprint density at radius 1 is 1.04 bits per heavy atom. The monoisotopic (exact) mass is 336 g/mol. The summed E-state index contributed by atoms with van der Waals surface area (Å²) in [6.07, 6.45) is -0.546. The zero-order valence-corrected chi connectivity index (χ0v) is 12.7. The second kappa shape index (κ2) is 5.73. The molecule has 0 spiro atoms. The fourth-order valence-electron chi connectivity index (χ4n) is 2.47. The minimum atomic E-state index is -3.94. The average molecular weight is 336 g/mol. The molecule has 1 fully saturated rings. The van der Waals surface area contributed by atoms with Gasteiger partial charge in [0.15, 0.2) is 0 Å². The molecular weight excluding hydrogens is 320 g/mol. The number of hydrazine groups is 3. The Labute approximate surface area is 132 Å². The zero-order valence-electron chi connectivity index (χ0n) is 11.9. The number of nitrogens with one attached hydrogen (secondary N) is 4. The number of anilines is 2. The van der Waals surface area contributed by atoms with Crippen LogP contribution in [0.3, 0.4) is 0 Å². The van der Waals surface area contributed by atoms with Gasteiger partial charge in [-0.1, -0.05) is 12.1 Å². The van der Waals surface area contributed by atoms with Crippen molar-refractivity contribution in [3.63, 3.8) is 0 Å². The van der Waals surface area contributed by atoms with Crippen molar-refractivity contribution in [2.75, 3.05) is 11.5 Å². The van der Waals surface area contributed by atoms with Gasteiger partial charge in [-0.3, -0.25) is 0 Å². The first kappa shape index (κ1) is 15.6. The second-order valence-electron chi connectivity index (χ2n) is 4.94. The van der Waals surface area contributed by atoms with Gasteiger partial charge in [0.05, 0.1) is 4.90 Å². The largest absolute Gasteiger partial charge is 0.384 e. The predicted molar refractivity (Wildman–Crippen MR) is 85.2 cm³/mol. The third kappa shape index (κ3) is 3.10. The Kier molecular flexibility index (Phi) is 3.89. The third-order valence-electron chi connectivity index (χ3n) is 3.33. The molecule has 10 nitrogen and oxygen atoms in total. The maximum absolute atomic E-state index is 11.9. The van der Waals surface area contributed by atoms with Crippen molar-refractivity contribution in [3.05, 3.63) is 35.9 Å². The quantitative estimate of drug-likeness (QED) is 0.358. The highest BCUT2D eigenvalue weighted by Gasteiger charge is 2.27. The molecule has 0 saturated carbocycles. The highest BCUT2D eigenvalue weighted by molar-refractivity contribution is 7.89. The van der Waals surface area contributed by atoms with Crippen LogP contribution in [-0.4, -0.2) is 13.4 Å². The van der Waals surface area contributed by atoms with Crippen LogP contribution in [-0.2, 0) is 10.0 Å². The summed E-state index contributed by atoms with van der Waals surface area (Å²) in [6, 6.07) is 8.00. The van der Waals surface area contributed by atoms with Crippen molar-refractivity contribution >= 4 is 21.7 Å². The lowest BCUT2D eigenvalue weighted by Crippen LogP contribution is -2.33. The first-order valence-corrected chi connectivity index (χ1v) is 8.11. The molecule has 3 rings (SSSR count). The molecule has 11 heteroatoms. The first-order chi connectivity index (χ1) is 10.9. The van der Waals surface area contributed by atoms with Crippen molar-refractivity contribution in [1.29, 1.82) is 0 Å². The molecule has 1 aromatic heterocycles. The molecule has 2 aromatic rings. The zero-order chi connectivity index (χ0) is 16.6. The molecule has 0 radical (unpaired) electrons. The lowest BCUT2D eigenvalue weighted by atomic mass is 9.98. The van der Waals surface area contributed by atoms with Gasteiger partial charge < -0.3 is 11.5 Å². The van der Waals surface area contributed by atoms with E-state index in [2.05, 4.69) is 26.9 Å². The van der Waals surface area contributed by atoms with Gasteiger partial charge >= 0.3 is 0 Å². The third-order valence-corrected chi connectivity index (χ3v) is 4.30. The van der Waals surface area contributed by atoms with E-state index < -0.39 is 16.2 Å². The van der Waals surface area contributed by atoms with Crippen molar-refractivity contribution in [3.8, 4) is 11.1 Å². The number of hydrogen-bond acceptors (Lipinski definition) is 9. The Balaban J connectivity index is 2.27. The van der Waals surface area contributed by atoms with Crippen LogP contribution in [0, 0.1) is 0 Å². The number of aromatic nitrogens is 1. The van der Waals surface area contributed by atoms with E-state index >= 15 is 0 Å². The Bertz CT molecular complexity index is 828. The fraction of sp³-hybridized carbons (Fsp3) is 0.0833. The summed E-state index contributed by atoms with van der Waals surface area (Å²) in [5.74, 6) is 0.464. The van der Waals surface area contributed by atoms with Gasteiger partial charge in [-0.05, 0) is 29.3 Å². The average Bonchev–Trinajstić information content (AvgIpc) is 2.98. The second-order valence-corrected chi connectivity index (χ2v) is 6.47. The summed E-state index contributed by atoms with van der Waals surface area (Å²) in [5, 5.41) is 5.35. The number of nitrogens with zero attached hydrogens (tertiary/aromatic N) is 1. The molecule has 1 aliphatic rings. The Morgan fingerprint density at radius 3 is 2.22 bits per heavy atom. The topological polar surface area (TPSA) is 173 Å². The molecule has 1 saturated heterocycles. The van der Waals surface area contributed by atoms with E-state index in [4.69, 9.17) is 16.6 Å². The van der Waals surface area contributed by atoms with Crippen molar-refractivity contribution in [1.82, 2.24) is 26.9 Å². The van der Waals surface area contributed by atoms with E-state index in [-0.39, 0.29) is 16.5 Å². The molecule has 10 N–H and O–H groups in total. The van der Waals surface area contributed by atoms with E-state index in [1.54, 1.807) is 24.3 Å². The van der Waals surface area contributed by atoms with Crippen LogP contribution in [0.2, 0.25) is 0 Å². The molecule has 0 aliphatic carbocycles.